The Bertz CT molecular complexity index is 447. The molecule has 0 spiro atoms. The Morgan fingerprint density at radius 2 is 1.90 bits per heavy atom. The molecule has 6 heteroatoms. The topological polar surface area (TPSA) is 52.3 Å². The summed E-state index contributed by atoms with van der Waals surface area (Å²) in [6.45, 7) is 0.849. The first-order valence-corrected chi connectivity index (χ1v) is 6.40. The molecule has 1 rings (SSSR count). The highest BCUT2D eigenvalue weighted by molar-refractivity contribution is 5.83. The summed E-state index contributed by atoms with van der Waals surface area (Å²) in [6, 6.07) is 2.77. The highest BCUT2D eigenvalue weighted by Crippen LogP contribution is 2.31. The molecule has 20 heavy (non-hydrogen) atoms. The Labute approximate surface area is 115 Å². The van der Waals surface area contributed by atoms with Gasteiger partial charge in [0.25, 0.3) is 0 Å². The van der Waals surface area contributed by atoms with E-state index >= 15 is 0 Å². The highest BCUT2D eigenvalue weighted by atomic mass is 19.1. The standard InChI is InChI=1S/C14H18F3NO2/c1-2-20-13(19)14(9-18,4-3-5-15)10-6-11(16)8-12(17)7-10/h6-8H,2-5,9,18H2,1H3. The van der Waals surface area contributed by atoms with E-state index in [9.17, 15) is 18.0 Å². The first kappa shape index (κ1) is 16.5. The van der Waals surface area contributed by atoms with Crippen LogP contribution in [0.15, 0.2) is 18.2 Å². The molecule has 0 bridgehead atoms. The SMILES string of the molecule is CCOC(=O)C(CN)(CCCF)c1cc(F)cc(F)c1. The summed E-state index contributed by atoms with van der Waals surface area (Å²) >= 11 is 0. The minimum absolute atomic E-state index is 0.0295. The number of esters is 1. The number of benzene rings is 1. The molecule has 1 aromatic rings. The van der Waals surface area contributed by atoms with Gasteiger partial charge < -0.3 is 10.5 Å². The molecule has 0 aliphatic rings. The lowest BCUT2D eigenvalue weighted by Crippen LogP contribution is -2.44. The van der Waals surface area contributed by atoms with Crippen molar-refractivity contribution in [1.29, 1.82) is 0 Å². The summed E-state index contributed by atoms with van der Waals surface area (Å²) < 4.78 is 44.1. The Kier molecular flexibility index (Phi) is 6.01. The molecule has 3 nitrogen and oxygen atoms in total. The van der Waals surface area contributed by atoms with Crippen LogP contribution in [0.2, 0.25) is 0 Å². The van der Waals surface area contributed by atoms with Crippen molar-refractivity contribution in [2.45, 2.75) is 25.2 Å². The summed E-state index contributed by atoms with van der Waals surface area (Å²) in [5.74, 6) is -2.33. The van der Waals surface area contributed by atoms with E-state index in [0.717, 1.165) is 12.1 Å². The number of carbonyl (C=O) groups excluding carboxylic acids is 1. The molecule has 1 unspecified atom stereocenters. The molecule has 1 aromatic carbocycles. The molecular formula is C14H18F3NO2. The van der Waals surface area contributed by atoms with Crippen molar-refractivity contribution in [3.05, 3.63) is 35.4 Å². The van der Waals surface area contributed by atoms with E-state index < -0.39 is 29.7 Å². The summed E-state index contributed by atoms with van der Waals surface area (Å²) in [7, 11) is 0. The molecule has 0 heterocycles. The van der Waals surface area contributed by atoms with Gasteiger partial charge in [-0.1, -0.05) is 0 Å². The van der Waals surface area contributed by atoms with Crippen molar-refractivity contribution in [3.63, 3.8) is 0 Å². The molecule has 0 radical (unpaired) electrons. The van der Waals surface area contributed by atoms with Gasteiger partial charge in [-0.2, -0.15) is 0 Å². The average Bonchev–Trinajstić information content (AvgIpc) is 2.39. The third-order valence-electron chi connectivity index (χ3n) is 3.17. The molecule has 0 aliphatic heterocycles. The third-order valence-corrected chi connectivity index (χ3v) is 3.17. The second-order valence-corrected chi connectivity index (χ2v) is 4.46. The summed E-state index contributed by atoms with van der Waals surface area (Å²) in [4.78, 5) is 12.2. The van der Waals surface area contributed by atoms with Gasteiger partial charge in [-0.15, -0.1) is 0 Å². The van der Waals surface area contributed by atoms with Gasteiger partial charge in [-0.05, 0) is 37.5 Å². The van der Waals surface area contributed by atoms with Crippen molar-refractivity contribution in [3.8, 4) is 0 Å². The van der Waals surface area contributed by atoms with Crippen LogP contribution in [0, 0.1) is 11.6 Å². The van der Waals surface area contributed by atoms with Crippen molar-refractivity contribution >= 4 is 5.97 Å². The number of rotatable bonds is 7. The monoisotopic (exact) mass is 289 g/mol. The molecule has 0 aromatic heterocycles. The Balaban J connectivity index is 3.29. The number of alkyl halides is 1. The van der Waals surface area contributed by atoms with Gasteiger partial charge in [0, 0.05) is 12.6 Å². The lowest BCUT2D eigenvalue weighted by atomic mass is 9.76. The number of hydrogen-bond acceptors (Lipinski definition) is 3. The van der Waals surface area contributed by atoms with E-state index in [1.807, 2.05) is 0 Å². The van der Waals surface area contributed by atoms with Gasteiger partial charge >= 0.3 is 5.97 Å². The fraction of sp³-hybridized carbons (Fsp3) is 0.500. The fourth-order valence-electron chi connectivity index (χ4n) is 2.14. The fourth-order valence-corrected chi connectivity index (χ4v) is 2.14. The molecule has 0 saturated heterocycles. The van der Waals surface area contributed by atoms with Gasteiger partial charge in [-0.25, -0.2) is 8.78 Å². The van der Waals surface area contributed by atoms with Gasteiger partial charge in [0.05, 0.1) is 13.3 Å². The van der Waals surface area contributed by atoms with Gasteiger partial charge in [0.1, 0.15) is 17.0 Å². The predicted octanol–water partition coefficient (Wildman–Crippen LogP) is 2.47. The van der Waals surface area contributed by atoms with Crippen LogP contribution in [0.5, 0.6) is 0 Å². The van der Waals surface area contributed by atoms with Crippen LogP contribution in [0.3, 0.4) is 0 Å². The number of hydrogen-bond donors (Lipinski definition) is 1. The van der Waals surface area contributed by atoms with E-state index in [1.54, 1.807) is 6.92 Å². The zero-order chi connectivity index (χ0) is 15.2. The van der Waals surface area contributed by atoms with Crippen LogP contribution in [0.4, 0.5) is 13.2 Å². The van der Waals surface area contributed by atoms with Crippen molar-refractivity contribution in [1.82, 2.24) is 0 Å². The van der Waals surface area contributed by atoms with Crippen LogP contribution < -0.4 is 5.73 Å². The van der Waals surface area contributed by atoms with E-state index in [4.69, 9.17) is 10.5 Å². The Hall–Kier alpha value is -1.56. The van der Waals surface area contributed by atoms with Crippen LogP contribution in [-0.4, -0.2) is 25.8 Å². The molecule has 0 aliphatic carbocycles. The quantitative estimate of drug-likeness (QED) is 0.785. The van der Waals surface area contributed by atoms with Gasteiger partial charge in [-0.3, -0.25) is 9.18 Å². The van der Waals surface area contributed by atoms with Crippen molar-refractivity contribution in [2.24, 2.45) is 5.73 Å². The summed E-state index contributed by atoms with van der Waals surface area (Å²) in [5.41, 5.74) is 4.29. The molecule has 1 atom stereocenters. The third kappa shape index (κ3) is 3.50. The molecule has 0 amide bonds. The largest absolute Gasteiger partial charge is 0.465 e. The zero-order valence-electron chi connectivity index (χ0n) is 11.3. The first-order valence-electron chi connectivity index (χ1n) is 6.40. The minimum atomic E-state index is -1.43. The van der Waals surface area contributed by atoms with Crippen LogP contribution >= 0.6 is 0 Å². The molecular weight excluding hydrogens is 271 g/mol. The lowest BCUT2D eigenvalue weighted by molar-refractivity contribution is -0.150. The summed E-state index contributed by atoms with van der Waals surface area (Å²) in [5, 5.41) is 0. The number of ether oxygens (including phenoxy) is 1. The maximum atomic E-state index is 13.4. The normalized spacial score (nSPS) is 13.8. The average molecular weight is 289 g/mol. The Morgan fingerprint density at radius 3 is 2.35 bits per heavy atom. The zero-order valence-corrected chi connectivity index (χ0v) is 11.3. The highest BCUT2D eigenvalue weighted by Gasteiger charge is 2.40. The smallest absolute Gasteiger partial charge is 0.317 e. The van der Waals surface area contributed by atoms with E-state index in [2.05, 4.69) is 0 Å². The van der Waals surface area contributed by atoms with E-state index in [1.165, 1.54) is 0 Å². The summed E-state index contributed by atoms with van der Waals surface area (Å²) in [6.07, 6.45) is 0.0792. The molecule has 2 N–H and O–H groups in total. The van der Waals surface area contributed by atoms with Gasteiger partial charge in [0.2, 0.25) is 0 Å². The second kappa shape index (κ2) is 7.28. The number of nitrogens with two attached hydrogens (primary N) is 1. The van der Waals surface area contributed by atoms with E-state index in [0.29, 0.717) is 6.07 Å². The Morgan fingerprint density at radius 1 is 1.30 bits per heavy atom. The van der Waals surface area contributed by atoms with Crippen molar-refractivity contribution in [2.75, 3.05) is 19.8 Å². The van der Waals surface area contributed by atoms with Crippen molar-refractivity contribution < 1.29 is 22.7 Å². The van der Waals surface area contributed by atoms with Gasteiger partial charge in [0.15, 0.2) is 0 Å². The second-order valence-electron chi connectivity index (χ2n) is 4.46. The lowest BCUT2D eigenvalue weighted by Gasteiger charge is -2.30. The van der Waals surface area contributed by atoms with Crippen LogP contribution in [0.1, 0.15) is 25.3 Å². The molecule has 0 fully saturated rings. The molecule has 0 saturated carbocycles. The molecule has 112 valence electrons. The maximum Gasteiger partial charge on any atom is 0.317 e. The predicted molar refractivity (Wildman–Crippen MR) is 68.9 cm³/mol. The number of carbonyl (C=O) groups is 1. The van der Waals surface area contributed by atoms with E-state index in [-0.39, 0.29) is 31.6 Å². The number of halogens is 3. The minimum Gasteiger partial charge on any atom is -0.465 e. The first-order chi connectivity index (χ1) is 9.50. The van der Waals surface area contributed by atoms with Crippen LogP contribution in [0.25, 0.3) is 0 Å². The van der Waals surface area contributed by atoms with Crippen LogP contribution in [-0.2, 0) is 14.9 Å². The maximum absolute atomic E-state index is 13.4.